The van der Waals surface area contributed by atoms with Crippen LogP contribution in [0.1, 0.15) is 36.8 Å². The fraction of sp³-hybridized carbons (Fsp3) is 0.348. The maximum absolute atomic E-state index is 12.0. The maximum atomic E-state index is 12.0. The number of hydrogen-bond acceptors (Lipinski definition) is 4. The van der Waals surface area contributed by atoms with Crippen molar-refractivity contribution in [3.8, 4) is 6.07 Å². The Bertz CT molecular complexity index is 878. The van der Waals surface area contributed by atoms with Crippen molar-refractivity contribution in [1.29, 1.82) is 5.26 Å². The van der Waals surface area contributed by atoms with Crippen LogP contribution in [-0.2, 0) is 16.0 Å². The van der Waals surface area contributed by atoms with Crippen molar-refractivity contribution < 1.29 is 9.59 Å². The zero-order valence-corrected chi connectivity index (χ0v) is 16.5. The van der Waals surface area contributed by atoms with Gasteiger partial charge < -0.3 is 15.5 Å². The third-order valence-corrected chi connectivity index (χ3v) is 5.11. The van der Waals surface area contributed by atoms with Crippen LogP contribution in [0.3, 0.4) is 0 Å². The Morgan fingerprint density at radius 3 is 2.31 bits per heavy atom. The maximum Gasteiger partial charge on any atom is 0.313 e. The van der Waals surface area contributed by atoms with Crippen LogP contribution >= 0.6 is 0 Å². The SMILES string of the molecule is N#Cc1ccccc1NC(=O)C(=O)NCCc1ccc(N2CCCCCC2)cc1. The quantitative estimate of drug-likeness (QED) is 0.768. The predicted octanol–water partition coefficient (Wildman–Crippen LogP) is 3.24. The van der Waals surface area contributed by atoms with E-state index in [1.54, 1.807) is 24.3 Å². The summed E-state index contributed by atoms with van der Waals surface area (Å²) in [6.07, 6.45) is 5.76. The molecule has 0 aliphatic carbocycles. The van der Waals surface area contributed by atoms with Gasteiger partial charge in [0.05, 0.1) is 11.3 Å². The van der Waals surface area contributed by atoms with Crippen molar-refractivity contribution >= 4 is 23.2 Å². The lowest BCUT2D eigenvalue weighted by atomic mass is 10.1. The molecule has 0 unspecified atom stereocenters. The summed E-state index contributed by atoms with van der Waals surface area (Å²) in [4.78, 5) is 26.5. The smallest absolute Gasteiger partial charge is 0.313 e. The van der Waals surface area contributed by atoms with Gasteiger partial charge in [0.2, 0.25) is 0 Å². The molecule has 2 N–H and O–H groups in total. The fourth-order valence-electron chi connectivity index (χ4n) is 3.47. The van der Waals surface area contributed by atoms with E-state index >= 15 is 0 Å². The monoisotopic (exact) mass is 390 g/mol. The molecule has 1 aliphatic rings. The van der Waals surface area contributed by atoms with Gasteiger partial charge in [-0.2, -0.15) is 5.26 Å². The second kappa shape index (κ2) is 10.3. The van der Waals surface area contributed by atoms with Gasteiger partial charge in [-0.25, -0.2) is 0 Å². The number of anilines is 2. The first-order valence-corrected chi connectivity index (χ1v) is 10.1. The van der Waals surface area contributed by atoms with E-state index in [9.17, 15) is 9.59 Å². The molecular weight excluding hydrogens is 364 g/mol. The number of nitrogens with zero attached hydrogens (tertiary/aromatic N) is 2. The molecule has 6 heteroatoms. The summed E-state index contributed by atoms with van der Waals surface area (Å²) in [6.45, 7) is 2.59. The van der Waals surface area contributed by atoms with Gasteiger partial charge in [0.1, 0.15) is 6.07 Å². The number of carbonyl (C=O) groups is 2. The Balaban J connectivity index is 1.46. The molecule has 0 aromatic heterocycles. The minimum atomic E-state index is -0.774. The molecule has 29 heavy (non-hydrogen) atoms. The first-order valence-electron chi connectivity index (χ1n) is 10.1. The summed E-state index contributed by atoms with van der Waals surface area (Å²) in [6, 6.07) is 17.0. The number of benzene rings is 2. The lowest BCUT2D eigenvalue weighted by Crippen LogP contribution is -2.36. The summed E-state index contributed by atoms with van der Waals surface area (Å²) in [5.41, 5.74) is 3.01. The van der Waals surface area contributed by atoms with Crippen molar-refractivity contribution in [1.82, 2.24) is 5.32 Å². The molecule has 2 amide bonds. The van der Waals surface area contributed by atoms with Crippen LogP contribution in [0.25, 0.3) is 0 Å². The van der Waals surface area contributed by atoms with Gasteiger partial charge in [-0.3, -0.25) is 9.59 Å². The molecule has 150 valence electrons. The molecular formula is C23H26N4O2. The molecule has 0 radical (unpaired) electrons. The highest BCUT2D eigenvalue weighted by atomic mass is 16.2. The van der Waals surface area contributed by atoms with Gasteiger partial charge in [0.25, 0.3) is 0 Å². The summed E-state index contributed by atoms with van der Waals surface area (Å²) in [5, 5.41) is 14.2. The summed E-state index contributed by atoms with van der Waals surface area (Å²) in [5.74, 6) is -1.48. The molecule has 6 nitrogen and oxygen atoms in total. The number of nitrogens with one attached hydrogen (secondary N) is 2. The van der Waals surface area contributed by atoms with Crippen molar-refractivity contribution in [2.45, 2.75) is 32.1 Å². The standard InChI is InChI=1S/C23H26N4O2/c24-17-19-7-3-4-8-21(19)26-23(29)22(28)25-14-13-18-9-11-20(12-10-18)27-15-5-1-2-6-16-27/h3-4,7-12H,1-2,5-6,13-16H2,(H,25,28)(H,26,29). The highest BCUT2D eigenvalue weighted by Crippen LogP contribution is 2.20. The number of para-hydroxylation sites is 1. The third kappa shape index (κ3) is 5.82. The van der Waals surface area contributed by atoms with Gasteiger partial charge in [-0.05, 0) is 49.1 Å². The highest BCUT2D eigenvalue weighted by molar-refractivity contribution is 6.39. The molecule has 0 spiro atoms. The first-order chi connectivity index (χ1) is 14.2. The van der Waals surface area contributed by atoms with E-state index in [1.165, 1.54) is 31.4 Å². The van der Waals surface area contributed by atoms with Crippen LogP contribution in [0.5, 0.6) is 0 Å². The highest BCUT2D eigenvalue weighted by Gasteiger charge is 2.15. The minimum Gasteiger partial charge on any atom is -0.372 e. The van der Waals surface area contributed by atoms with E-state index in [0.717, 1.165) is 18.7 Å². The van der Waals surface area contributed by atoms with Gasteiger partial charge in [0, 0.05) is 25.3 Å². The minimum absolute atomic E-state index is 0.318. The molecule has 3 rings (SSSR count). The van der Waals surface area contributed by atoms with Crippen molar-refractivity contribution in [3.05, 3.63) is 59.7 Å². The molecule has 1 heterocycles. The van der Waals surface area contributed by atoms with Gasteiger partial charge >= 0.3 is 11.8 Å². The average molecular weight is 390 g/mol. The number of hydrogen-bond donors (Lipinski definition) is 2. The van der Waals surface area contributed by atoms with Crippen LogP contribution in [-0.4, -0.2) is 31.4 Å². The van der Waals surface area contributed by atoms with Gasteiger partial charge in [-0.15, -0.1) is 0 Å². The Morgan fingerprint density at radius 1 is 0.931 bits per heavy atom. The van der Waals surface area contributed by atoms with Crippen LogP contribution in [0.15, 0.2) is 48.5 Å². The summed E-state index contributed by atoms with van der Waals surface area (Å²) < 4.78 is 0. The van der Waals surface area contributed by atoms with Gasteiger partial charge in [-0.1, -0.05) is 37.1 Å². The van der Waals surface area contributed by atoms with E-state index in [4.69, 9.17) is 5.26 Å². The van der Waals surface area contributed by atoms with Crippen LogP contribution in [0.4, 0.5) is 11.4 Å². The van der Waals surface area contributed by atoms with Crippen molar-refractivity contribution in [2.75, 3.05) is 29.9 Å². The molecule has 2 aromatic carbocycles. The molecule has 0 bridgehead atoms. The molecule has 2 aromatic rings. The molecule has 1 fully saturated rings. The summed E-state index contributed by atoms with van der Waals surface area (Å²) >= 11 is 0. The van der Waals surface area contributed by atoms with Crippen molar-refractivity contribution in [3.63, 3.8) is 0 Å². The van der Waals surface area contributed by atoms with Crippen LogP contribution in [0, 0.1) is 11.3 Å². The lowest BCUT2D eigenvalue weighted by Gasteiger charge is -2.22. The predicted molar refractivity (Wildman–Crippen MR) is 114 cm³/mol. The van der Waals surface area contributed by atoms with E-state index in [-0.39, 0.29) is 0 Å². The third-order valence-electron chi connectivity index (χ3n) is 5.11. The zero-order chi connectivity index (χ0) is 20.5. The average Bonchev–Trinajstić information content (AvgIpc) is 3.04. The molecule has 0 saturated carbocycles. The Kier molecular flexibility index (Phi) is 7.23. The van der Waals surface area contributed by atoms with E-state index in [0.29, 0.717) is 24.2 Å². The second-order valence-corrected chi connectivity index (χ2v) is 7.19. The van der Waals surface area contributed by atoms with E-state index in [1.807, 2.05) is 6.07 Å². The lowest BCUT2D eigenvalue weighted by molar-refractivity contribution is -0.136. The van der Waals surface area contributed by atoms with Crippen LogP contribution in [0.2, 0.25) is 0 Å². The van der Waals surface area contributed by atoms with Gasteiger partial charge in [0.15, 0.2) is 0 Å². The number of nitriles is 1. The Hall–Kier alpha value is -3.33. The second-order valence-electron chi connectivity index (χ2n) is 7.19. The van der Waals surface area contributed by atoms with Crippen molar-refractivity contribution in [2.24, 2.45) is 0 Å². The number of carbonyl (C=O) groups excluding carboxylic acids is 2. The zero-order valence-electron chi connectivity index (χ0n) is 16.5. The molecule has 0 atom stereocenters. The summed E-state index contributed by atoms with van der Waals surface area (Å²) in [7, 11) is 0. The first kappa shape index (κ1) is 20.4. The molecule has 1 saturated heterocycles. The molecule has 1 aliphatic heterocycles. The fourth-order valence-corrected chi connectivity index (χ4v) is 3.47. The number of rotatable bonds is 5. The topological polar surface area (TPSA) is 85.2 Å². The Labute approximate surface area is 171 Å². The largest absolute Gasteiger partial charge is 0.372 e. The van der Waals surface area contributed by atoms with E-state index < -0.39 is 11.8 Å². The normalized spacial score (nSPS) is 13.8. The van der Waals surface area contributed by atoms with E-state index in [2.05, 4.69) is 39.8 Å². The number of amides is 2. The Morgan fingerprint density at radius 2 is 1.62 bits per heavy atom. The van der Waals surface area contributed by atoms with Crippen LogP contribution < -0.4 is 15.5 Å².